The Hall–Kier alpha value is -10.6. The molecule has 7 heterocycles. The molecule has 0 saturated heterocycles. The number of aldehydes is 9. The van der Waals surface area contributed by atoms with Gasteiger partial charge in [0.2, 0.25) is 5.43 Å². The molecule has 0 spiro atoms. The highest BCUT2D eigenvalue weighted by atomic mass is 79.9. The number of pyridine rings is 2. The second-order valence-electron chi connectivity index (χ2n) is 18.0. The molecule has 0 saturated carbocycles. The second-order valence-corrected chi connectivity index (χ2v) is 22.4. The number of carbonyl (C=O) groups is 9. The summed E-state index contributed by atoms with van der Waals surface area (Å²) in [5, 5.41) is 4.63. The average molecular weight is 1440 g/mol. The summed E-state index contributed by atoms with van der Waals surface area (Å²) in [5.74, 6) is -1.16. The molecule has 12 aromatic rings. The Morgan fingerprint density at radius 1 is 0.628 bits per heavy atom. The third-order valence-corrected chi connectivity index (χ3v) is 14.1. The number of benzene rings is 5. The van der Waals surface area contributed by atoms with Crippen LogP contribution in [0, 0.1) is 12.7 Å². The number of hydrogen-bond donors (Lipinski definition) is 2. The molecule has 0 amide bonds. The van der Waals surface area contributed by atoms with Crippen molar-refractivity contribution in [2.45, 2.75) is 19.7 Å². The number of hydrogen-bond acceptors (Lipinski definition) is 17. The van der Waals surface area contributed by atoms with Crippen LogP contribution in [0.5, 0.6) is 0 Å². The maximum absolute atomic E-state index is 12.6. The van der Waals surface area contributed by atoms with Crippen LogP contribution < -0.4 is 5.43 Å². The van der Waals surface area contributed by atoms with E-state index < -0.39 is 17.6 Å². The SMILES string of the molecule is Cc1cnc2[nH]cc(C=O)c2c1.O=C/C(Br)=C/c1ccccc1.O=CCOCc1ccccc1.O=Cc1c[nH]c2ccccc12.O=Cc1ccc(Br)s1.O=Cc1ccc(C(F)(F)F)cc1F.O=Cc1ccncc1.O=Cc1coc2ccccc2c1=O.O=Cc1nccs1. The zero-order valence-electron chi connectivity index (χ0n) is 49.1. The van der Waals surface area contributed by atoms with Gasteiger partial charge in [-0.2, -0.15) is 13.2 Å². The van der Waals surface area contributed by atoms with Gasteiger partial charge in [0, 0.05) is 75.5 Å². The molecule has 0 fully saturated rings. The lowest BCUT2D eigenvalue weighted by molar-refractivity contribution is -0.137. The van der Waals surface area contributed by atoms with Crippen molar-refractivity contribution in [1.29, 1.82) is 0 Å². The van der Waals surface area contributed by atoms with E-state index in [4.69, 9.17) is 9.15 Å². The van der Waals surface area contributed by atoms with E-state index in [-0.39, 0.29) is 29.4 Å². The molecule has 480 valence electrons. The number of para-hydroxylation sites is 2. The Kier molecular flexibility index (Phi) is 34.3. The van der Waals surface area contributed by atoms with Crippen molar-refractivity contribution >= 4 is 150 Å². The number of thiazole rings is 1. The van der Waals surface area contributed by atoms with Crippen molar-refractivity contribution in [3.63, 3.8) is 0 Å². The average Bonchev–Trinajstić information content (AvgIpc) is 1.28. The molecule has 0 aliphatic rings. The summed E-state index contributed by atoms with van der Waals surface area (Å²) in [4.78, 5) is 121. The Morgan fingerprint density at radius 2 is 1.26 bits per heavy atom. The molecule has 0 bridgehead atoms. The van der Waals surface area contributed by atoms with E-state index in [2.05, 4.69) is 56.8 Å². The number of aryl methyl sites for hydroxylation is 1. The Labute approximate surface area is 558 Å². The van der Waals surface area contributed by atoms with E-state index >= 15 is 0 Å². The number of thiophene rings is 1. The summed E-state index contributed by atoms with van der Waals surface area (Å²) in [5.41, 5.74) is 5.79. The van der Waals surface area contributed by atoms with Gasteiger partial charge in [-0.3, -0.25) is 48.1 Å². The molecule has 94 heavy (non-hydrogen) atoms. The minimum absolute atomic E-state index is 0.0544. The summed E-state index contributed by atoms with van der Waals surface area (Å²) >= 11 is 9.12. The number of halogens is 6. The maximum atomic E-state index is 12.6. The van der Waals surface area contributed by atoms with Gasteiger partial charge >= 0.3 is 6.18 Å². The molecule has 17 nitrogen and oxygen atoms in total. The molecule has 5 aromatic carbocycles. The fourth-order valence-electron chi connectivity index (χ4n) is 7.06. The number of carbonyl (C=O) groups excluding carboxylic acids is 9. The molecule has 2 N–H and O–H groups in total. The normalized spacial score (nSPS) is 10.1. The van der Waals surface area contributed by atoms with E-state index in [1.165, 1.54) is 28.9 Å². The number of aromatic nitrogens is 5. The molecule has 0 atom stereocenters. The largest absolute Gasteiger partial charge is 0.463 e. The molecular formula is C69H53Br2F4N5O12S2. The Morgan fingerprint density at radius 3 is 1.80 bits per heavy atom. The molecule has 7 aromatic heterocycles. The first kappa shape index (κ1) is 75.9. The number of aromatic amines is 2. The van der Waals surface area contributed by atoms with Crippen LogP contribution >= 0.6 is 54.5 Å². The number of nitrogens with zero attached hydrogens (tertiary/aromatic N) is 3. The summed E-state index contributed by atoms with van der Waals surface area (Å²) in [7, 11) is 0. The zero-order chi connectivity index (χ0) is 68.5. The van der Waals surface area contributed by atoms with Crippen molar-refractivity contribution < 1.29 is 69.9 Å². The van der Waals surface area contributed by atoms with Crippen molar-refractivity contribution in [3.05, 3.63) is 291 Å². The van der Waals surface area contributed by atoms with Gasteiger partial charge < -0.3 is 23.9 Å². The van der Waals surface area contributed by atoms with Crippen molar-refractivity contribution in [2.24, 2.45) is 0 Å². The van der Waals surface area contributed by atoms with Gasteiger partial charge in [0.25, 0.3) is 0 Å². The third kappa shape index (κ3) is 27.1. The number of H-pyrrole nitrogens is 2. The summed E-state index contributed by atoms with van der Waals surface area (Å²) < 4.78 is 60.1. The molecule has 0 unspecified atom stereocenters. The third-order valence-electron chi connectivity index (χ3n) is 11.5. The van der Waals surface area contributed by atoms with Crippen LogP contribution in [-0.2, 0) is 27.1 Å². The van der Waals surface area contributed by atoms with Crippen LogP contribution in [0.15, 0.2) is 224 Å². The predicted molar refractivity (Wildman–Crippen MR) is 361 cm³/mol. The number of alkyl halides is 3. The van der Waals surface area contributed by atoms with E-state index in [9.17, 15) is 65.5 Å². The zero-order valence-corrected chi connectivity index (χ0v) is 53.9. The fourth-order valence-corrected chi connectivity index (χ4v) is 9.00. The Balaban J connectivity index is 0.000000227. The molecule has 0 aliphatic heterocycles. The topological polar surface area (TPSA) is 263 Å². The molecule has 12 rings (SSSR count). The standard InChI is InChI=1S/C10H6O3.C9H7BrO.C9H8N2O.C9H7NO.C9H10O2.C8H4F4O.C6H5NO.C5H3BrOS.C4H3NOS/c11-5-7-6-13-9-4-2-1-3-8(9)10(7)12;10-9(7-11)6-8-4-2-1-3-5-8;1-6-2-8-7(5-12)4-11-9(8)10-3-6;11-6-7-5-10-9-4-2-1-3-8(7)9;10-6-7-11-8-9-4-2-1-3-5-9;9-7-3-6(8(10,11)12)2-1-5(7)4-13;8-5-6-1-3-7-4-2-6;6-5-2-1-4(3-7)8-5;6-3-4-5-1-2-7-4/h1-6H;1-7H;2-5H,1H3,(H,10,11);1-6,10H;1-6H,7-8H2;1-4H;1-5H;1-3H;1-3H/b;9-6-;;;;;;;. The van der Waals surface area contributed by atoms with Gasteiger partial charge in [0.05, 0.1) is 41.8 Å². The molecule has 0 aliphatic carbocycles. The predicted octanol–water partition coefficient (Wildman–Crippen LogP) is 16.1. The van der Waals surface area contributed by atoms with Gasteiger partial charge in [-0.1, -0.05) is 91.0 Å². The van der Waals surface area contributed by atoms with Crippen LogP contribution in [-0.4, -0.2) is 88.1 Å². The first-order valence-electron chi connectivity index (χ1n) is 27.0. The lowest BCUT2D eigenvalue weighted by Gasteiger charge is -2.06. The minimum Gasteiger partial charge on any atom is -0.463 e. The highest BCUT2D eigenvalue weighted by molar-refractivity contribution is 9.12. The van der Waals surface area contributed by atoms with Crippen molar-refractivity contribution in [3.8, 4) is 0 Å². The van der Waals surface area contributed by atoms with Crippen LogP contribution in [0.3, 0.4) is 0 Å². The van der Waals surface area contributed by atoms with Crippen molar-refractivity contribution in [2.75, 3.05) is 6.61 Å². The lowest BCUT2D eigenvalue weighted by Crippen LogP contribution is -2.06. The quantitative estimate of drug-likeness (QED) is 0.0470. The monoisotopic (exact) mass is 1440 g/mol. The summed E-state index contributed by atoms with van der Waals surface area (Å²) in [6.07, 6.45) is 14.6. The molecular weight excluding hydrogens is 1390 g/mol. The smallest absolute Gasteiger partial charge is 0.416 e. The number of allylic oxidation sites excluding steroid dienone is 1. The van der Waals surface area contributed by atoms with E-state index in [0.717, 1.165) is 103 Å². The van der Waals surface area contributed by atoms with Crippen LogP contribution in [0.25, 0.3) is 39.0 Å². The summed E-state index contributed by atoms with van der Waals surface area (Å²) in [6.45, 7) is 2.64. The first-order chi connectivity index (χ1) is 45.4. The minimum atomic E-state index is -4.58. The van der Waals surface area contributed by atoms with Gasteiger partial charge in [0.1, 0.15) is 42.5 Å². The van der Waals surface area contributed by atoms with Gasteiger partial charge in [0.15, 0.2) is 49.0 Å². The maximum Gasteiger partial charge on any atom is 0.416 e. The molecule has 25 heteroatoms. The summed E-state index contributed by atoms with van der Waals surface area (Å²) in [6, 6.07) is 44.6. The van der Waals surface area contributed by atoms with Gasteiger partial charge in [-0.25, -0.2) is 14.4 Å². The number of rotatable bonds is 13. The van der Waals surface area contributed by atoms with E-state index in [0.29, 0.717) is 56.6 Å². The van der Waals surface area contributed by atoms with E-state index in [1.54, 1.807) is 91.1 Å². The van der Waals surface area contributed by atoms with Gasteiger partial charge in [-0.05, 0) is 128 Å². The van der Waals surface area contributed by atoms with Crippen LogP contribution in [0.1, 0.15) is 93.5 Å². The Bertz CT molecular complexity index is 4410. The van der Waals surface area contributed by atoms with Crippen LogP contribution in [0.2, 0.25) is 0 Å². The molecule has 0 radical (unpaired) electrons. The highest BCUT2D eigenvalue weighted by Gasteiger charge is 2.31. The van der Waals surface area contributed by atoms with Crippen molar-refractivity contribution in [1.82, 2.24) is 24.9 Å². The highest BCUT2D eigenvalue weighted by Crippen LogP contribution is 2.30. The second kappa shape index (κ2) is 42.5. The van der Waals surface area contributed by atoms with Crippen LogP contribution in [0.4, 0.5) is 17.6 Å². The first-order valence-corrected chi connectivity index (χ1v) is 30.2. The van der Waals surface area contributed by atoms with E-state index in [1.807, 2.05) is 104 Å². The fraction of sp³-hybridized carbons (Fsp3) is 0.0580. The number of ether oxygens (including phenoxy) is 1. The lowest BCUT2D eigenvalue weighted by atomic mass is 10.1. The number of fused-ring (bicyclic) bond motifs is 3. The number of nitrogens with one attached hydrogen (secondary N) is 2. The van der Waals surface area contributed by atoms with Gasteiger partial charge in [-0.15, -0.1) is 22.7 Å².